The van der Waals surface area contributed by atoms with Gasteiger partial charge in [-0.2, -0.15) is 0 Å². The quantitative estimate of drug-likeness (QED) is 0.661. The molecule has 0 aliphatic heterocycles. The molecule has 1 aliphatic rings. The summed E-state index contributed by atoms with van der Waals surface area (Å²) in [7, 11) is 0. The van der Waals surface area contributed by atoms with Crippen molar-refractivity contribution >= 4 is 23.5 Å². The SMILES string of the molecule is CC(C)C1=Cc2ncsc2C=CC1. The summed E-state index contributed by atoms with van der Waals surface area (Å²) in [6.07, 6.45) is 7.71. The van der Waals surface area contributed by atoms with Gasteiger partial charge in [0.25, 0.3) is 0 Å². The molecular formula is C11H13NS. The molecule has 0 spiro atoms. The lowest BCUT2D eigenvalue weighted by Crippen LogP contribution is -1.91. The minimum absolute atomic E-state index is 0.622. The highest BCUT2D eigenvalue weighted by atomic mass is 32.1. The van der Waals surface area contributed by atoms with Crippen molar-refractivity contribution in [3.05, 3.63) is 27.7 Å². The van der Waals surface area contributed by atoms with Crippen LogP contribution in [0.2, 0.25) is 0 Å². The van der Waals surface area contributed by atoms with Crippen molar-refractivity contribution in [2.24, 2.45) is 5.92 Å². The smallest absolute Gasteiger partial charge is 0.0811 e. The van der Waals surface area contributed by atoms with E-state index < -0.39 is 0 Å². The predicted octanol–water partition coefficient (Wildman–Crippen LogP) is 3.60. The summed E-state index contributed by atoms with van der Waals surface area (Å²) >= 11 is 1.71. The second-order valence-electron chi connectivity index (χ2n) is 3.58. The first-order valence-electron chi connectivity index (χ1n) is 4.58. The Hall–Kier alpha value is -0.890. The molecule has 0 saturated heterocycles. The monoisotopic (exact) mass is 191 g/mol. The van der Waals surface area contributed by atoms with E-state index in [1.165, 1.54) is 10.5 Å². The van der Waals surface area contributed by atoms with Crippen LogP contribution in [-0.2, 0) is 0 Å². The van der Waals surface area contributed by atoms with Gasteiger partial charge in [-0.3, -0.25) is 0 Å². The van der Waals surface area contributed by atoms with E-state index in [2.05, 4.69) is 37.1 Å². The highest BCUT2D eigenvalue weighted by molar-refractivity contribution is 7.10. The number of aromatic nitrogens is 1. The molecule has 0 bridgehead atoms. The largest absolute Gasteiger partial charge is 0.245 e. The number of hydrogen-bond acceptors (Lipinski definition) is 2. The van der Waals surface area contributed by atoms with Crippen molar-refractivity contribution < 1.29 is 0 Å². The zero-order valence-electron chi connectivity index (χ0n) is 7.95. The molecule has 13 heavy (non-hydrogen) atoms. The van der Waals surface area contributed by atoms with Crippen molar-refractivity contribution in [2.75, 3.05) is 0 Å². The summed E-state index contributed by atoms with van der Waals surface area (Å²) in [5, 5.41) is 0. The van der Waals surface area contributed by atoms with Gasteiger partial charge >= 0.3 is 0 Å². The maximum absolute atomic E-state index is 4.34. The van der Waals surface area contributed by atoms with Crippen molar-refractivity contribution in [3.8, 4) is 0 Å². The summed E-state index contributed by atoms with van der Waals surface area (Å²) < 4.78 is 0. The third-order valence-electron chi connectivity index (χ3n) is 2.31. The summed E-state index contributed by atoms with van der Waals surface area (Å²) in [4.78, 5) is 5.63. The van der Waals surface area contributed by atoms with Gasteiger partial charge in [0.15, 0.2) is 0 Å². The molecule has 0 amide bonds. The Morgan fingerprint density at radius 2 is 2.31 bits per heavy atom. The van der Waals surface area contributed by atoms with Crippen LogP contribution in [0.25, 0.3) is 12.2 Å². The van der Waals surface area contributed by atoms with Crippen LogP contribution in [0, 0.1) is 5.92 Å². The van der Waals surface area contributed by atoms with E-state index in [0.717, 1.165) is 12.1 Å². The fourth-order valence-corrected chi connectivity index (χ4v) is 2.12. The molecule has 0 radical (unpaired) electrons. The first-order valence-corrected chi connectivity index (χ1v) is 5.46. The maximum atomic E-state index is 4.34. The zero-order chi connectivity index (χ0) is 9.26. The Bertz CT molecular complexity index is 358. The van der Waals surface area contributed by atoms with Crippen LogP contribution < -0.4 is 0 Å². The van der Waals surface area contributed by atoms with E-state index >= 15 is 0 Å². The van der Waals surface area contributed by atoms with E-state index in [1.807, 2.05) is 5.51 Å². The van der Waals surface area contributed by atoms with Gasteiger partial charge in [0, 0.05) is 0 Å². The fourth-order valence-electron chi connectivity index (χ4n) is 1.44. The molecular weight excluding hydrogens is 178 g/mol. The Morgan fingerprint density at radius 3 is 3.08 bits per heavy atom. The number of allylic oxidation sites excluding steroid dienone is 2. The normalized spacial score (nSPS) is 15.5. The van der Waals surface area contributed by atoms with Crippen LogP contribution in [0.3, 0.4) is 0 Å². The van der Waals surface area contributed by atoms with Gasteiger partial charge in [-0.25, -0.2) is 4.98 Å². The van der Waals surface area contributed by atoms with Gasteiger partial charge in [0.05, 0.1) is 16.1 Å². The molecule has 0 saturated carbocycles. The van der Waals surface area contributed by atoms with Crippen LogP contribution in [0.15, 0.2) is 17.2 Å². The molecule has 1 aromatic rings. The summed E-state index contributed by atoms with van der Waals surface area (Å²) in [5.74, 6) is 0.622. The molecule has 1 aliphatic carbocycles. The molecule has 0 unspecified atom stereocenters. The van der Waals surface area contributed by atoms with Gasteiger partial charge in [0.1, 0.15) is 0 Å². The second-order valence-corrected chi connectivity index (χ2v) is 4.47. The van der Waals surface area contributed by atoms with E-state index in [4.69, 9.17) is 0 Å². The Morgan fingerprint density at radius 1 is 1.46 bits per heavy atom. The van der Waals surface area contributed by atoms with Crippen molar-refractivity contribution in [1.82, 2.24) is 4.98 Å². The molecule has 2 heteroatoms. The highest BCUT2D eigenvalue weighted by Gasteiger charge is 2.08. The number of fused-ring (bicyclic) bond motifs is 1. The molecule has 1 aromatic heterocycles. The van der Waals surface area contributed by atoms with Gasteiger partial charge < -0.3 is 0 Å². The third kappa shape index (κ3) is 1.73. The lowest BCUT2D eigenvalue weighted by atomic mass is 10.00. The average Bonchev–Trinajstić information content (AvgIpc) is 2.42. The molecule has 2 rings (SSSR count). The van der Waals surface area contributed by atoms with Gasteiger partial charge in [-0.1, -0.05) is 25.5 Å². The highest BCUT2D eigenvalue weighted by Crippen LogP contribution is 2.26. The van der Waals surface area contributed by atoms with Gasteiger partial charge in [0.2, 0.25) is 0 Å². The van der Waals surface area contributed by atoms with Crippen LogP contribution in [0.5, 0.6) is 0 Å². The summed E-state index contributed by atoms with van der Waals surface area (Å²) in [6, 6.07) is 0. The number of rotatable bonds is 1. The summed E-state index contributed by atoms with van der Waals surface area (Å²) in [5.41, 5.74) is 4.53. The van der Waals surface area contributed by atoms with Gasteiger partial charge in [-0.05, 0) is 24.5 Å². The number of nitrogens with zero attached hydrogens (tertiary/aromatic N) is 1. The van der Waals surface area contributed by atoms with E-state index in [9.17, 15) is 0 Å². The Balaban J connectivity index is 2.43. The minimum Gasteiger partial charge on any atom is -0.245 e. The average molecular weight is 191 g/mol. The third-order valence-corrected chi connectivity index (χ3v) is 3.12. The fraction of sp³-hybridized carbons (Fsp3) is 0.364. The lowest BCUT2D eigenvalue weighted by molar-refractivity contribution is 0.755. The van der Waals surface area contributed by atoms with Crippen molar-refractivity contribution in [1.29, 1.82) is 0 Å². The van der Waals surface area contributed by atoms with E-state index in [0.29, 0.717) is 5.92 Å². The zero-order valence-corrected chi connectivity index (χ0v) is 8.77. The predicted molar refractivity (Wildman–Crippen MR) is 58.6 cm³/mol. The summed E-state index contributed by atoms with van der Waals surface area (Å²) in [6.45, 7) is 4.47. The Kier molecular flexibility index (Phi) is 2.32. The molecule has 0 aromatic carbocycles. The van der Waals surface area contributed by atoms with Crippen LogP contribution in [0.1, 0.15) is 30.8 Å². The second kappa shape index (κ2) is 3.46. The minimum atomic E-state index is 0.622. The van der Waals surface area contributed by atoms with Crippen molar-refractivity contribution in [2.45, 2.75) is 20.3 Å². The van der Waals surface area contributed by atoms with Crippen LogP contribution >= 0.6 is 11.3 Å². The number of hydrogen-bond donors (Lipinski definition) is 0. The topological polar surface area (TPSA) is 12.9 Å². The van der Waals surface area contributed by atoms with E-state index in [-0.39, 0.29) is 0 Å². The molecule has 68 valence electrons. The van der Waals surface area contributed by atoms with Crippen molar-refractivity contribution in [3.63, 3.8) is 0 Å². The molecule has 1 heterocycles. The lowest BCUT2D eigenvalue weighted by Gasteiger charge is -2.06. The first-order chi connectivity index (χ1) is 6.27. The van der Waals surface area contributed by atoms with Crippen LogP contribution in [0.4, 0.5) is 0 Å². The first kappa shape index (κ1) is 8.70. The Labute approximate surface area is 82.8 Å². The molecule has 0 fully saturated rings. The molecule has 1 nitrogen and oxygen atoms in total. The van der Waals surface area contributed by atoms with Gasteiger partial charge in [-0.15, -0.1) is 11.3 Å². The standard InChI is InChI=1S/C11H13NS/c1-8(2)9-4-3-5-11-10(6-9)12-7-13-11/h3,5-8H,4H2,1-2H3. The van der Waals surface area contributed by atoms with Crippen LogP contribution in [-0.4, -0.2) is 4.98 Å². The molecule has 0 N–H and O–H groups in total. The van der Waals surface area contributed by atoms with E-state index in [1.54, 1.807) is 11.3 Å². The number of thiazole rings is 1. The maximum Gasteiger partial charge on any atom is 0.0811 e. The molecule has 0 atom stereocenters.